The van der Waals surface area contributed by atoms with Crippen molar-refractivity contribution in [2.45, 2.75) is 27.7 Å². The van der Waals surface area contributed by atoms with Gasteiger partial charge < -0.3 is 20.9 Å². The standard InChI is InChI=1S/C29H34F2N6O2/c1-7-24(39)36-11-13-37(14-12-36)29(35-26(18(4)5)19(6)17(2)3)20-15-22(31)27(34-28(20)33-16-38)25-21(30)9-8-10-23(25)32/h7-10,15-17H,1,4,11-14,32H2,2-3,5-6H3,(H,33,34,38)/b26-19-,35-29+. The summed E-state index contributed by atoms with van der Waals surface area (Å²) in [6.07, 6.45) is 1.67. The first-order chi connectivity index (χ1) is 18.5. The van der Waals surface area contributed by atoms with Gasteiger partial charge in [0.05, 0.1) is 16.8 Å². The Morgan fingerprint density at radius 2 is 1.79 bits per heavy atom. The summed E-state index contributed by atoms with van der Waals surface area (Å²) in [5.74, 6) is -1.30. The minimum absolute atomic E-state index is 0.00293. The van der Waals surface area contributed by atoms with E-state index < -0.39 is 11.6 Å². The maximum Gasteiger partial charge on any atom is 0.246 e. The number of aliphatic imine (C=N–C) groups is 1. The van der Waals surface area contributed by atoms with Crippen LogP contribution in [0.25, 0.3) is 11.3 Å². The van der Waals surface area contributed by atoms with E-state index in [1.807, 2.05) is 32.6 Å². The minimum Gasteiger partial charge on any atom is -0.398 e. The van der Waals surface area contributed by atoms with E-state index in [4.69, 9.17) is 10.7 Å². The van der Waals surface area contributed by atoms with Crippen LogP contribution in [0, 0.1) is 17.6 Å². The lowest BCUT2D eigenvalue weighted by molar-refractivity contribution is -0.127. The van der Waals surface area contributed by atoms with Gasteiger partial charge in [0.2, 0.25) is 12.3 Å². The van der Waals surface area contributed by atoms with Gasteiger partial charge in [-0.05, 0) is 55.2 Å². The van der Waals surface area contributed by atoms with Gasteiger partial charge in [0.1, 0.15) is 23.2 Å². The van der Waals surface area contributed by atoms with Crippen LogP contribution in [0.1, 0.15) is 33.3 Å². The molecule has 10 heteroatoms. The molecule has 0 spiro atoms. The molecule has 0 atom stereocenters. The molecule has 1 aliphatic rings. The summed E-state index contributed by atoms with van der Waals surface area (Å²) in [5.41, 5.74) is 7.90. The Morgan fingerprint density at radius 3 is 2.33 bits per heavy atom. The number of allylic oxidation sites excluding steroid dienone is 2. The van der Waals surface area contributed by atoms with Crippen LogP contribution in [-0.4, -0.2) is 59.1 Å². The van der Waals surface area contributed by atoms with E-state index in [-0.39, 0.29) is 40.2 Å². The van der Waals surface area contributed by atoms with Gasteiger partial charge in [0, 0.05) is 31.9 Å². The number of carbonyl (C=O) groups is 2. The summed E-state index contributed by atoms with van der Waals surface area (Å²) in [7, 11) is 0. The van der Waals surface area contributed by atoms with E-state index in [0.29, 0.717) is 49.7 Å². The van der Waals surface area contributed by atoms with Crippen LogP contribution in [0.4, 0.5) is 20.3 Å². The van der Waals surface area contributed by atoms with Gasteiger partial charge in [-0.2, -0.15) is 0 Å². The van der Waals surface area contributed by atoms with Crippen molar-refractivity contribution < 1.29 is 18.4 Å². The number of halogens is 2. The van der Waals surface area contributed by atoms with E-state index in [2.05, 4.69) is 23.5 Å². The van der Waals surface area contributed by atoms with Crippen LogP contribution in [0.3, 0.4) is 0 Å². The number of pyridine rings is 1. The number of nitrogens with one attached hydrogen (secondary N) is 1. The molecule has 1 saturated heterocycles. The number of piperazine rings is 1. The van der Waals surface area contributed by atoms with Gasteiger partial charge in [-0.1, -0.05) is 33.1 Å². The van der Waals surface area contributed by atoms with Crippen LogP contribution in [0.15, 0.2) is 65.3 Å². The predicted molar refractivity (Wildman–Crippen MR) is 151 cm³/mol. The molecule has 0 bridgehead atoms. The molecule has 1 fully saturated rings. The Bertz CT molecular complexity index is 1340. The highest BCUT2D eigenvalue weighted by molar-refractivity contribution is 6.05. The fourth-order valence-corrected chi connectivity index (χ4v) is 4.26. The predicted octanol–water partition coefficient (Wildman–Crippen LogP) is 4.76. The van der Waals surface area contributed by atoms with Gasteiger partial charge >= 0.3 is 0 Å². The molecule has 1 aromatic carbocycles. The smallest absolute Gasteiger partial charge is 0.246 e. The highest BCUT2D eigenvalue weighted by atomic mass is 19.1. The molecule has 0 aliphatic carbocycles. The first-order valence-electron chi connectivity index (χ1n) is 12.6. The van der Waals surface area contributed by atoms with Crippen molar-refractivity contribution in [2.75, 3.05) is 37.2 Å². The topological polar surface area (TPSA) is 104 Å². The molecule has 3 N–H and O–H groups in total. The number of hydrogen-bond acceptors (Lipinski definition) is 5. The monoisotopic (exact) mass is 536 g/mol. The quantitative estimate of drug-likeness (QED) is 0.126. The third-order valence-electron chi connectivity index (χ3n) is 6.62. The van der Waals surface area contributed by atoms with Gasteiger partial charge in [-0.3, -0.25) is 9.59 Å². The van der Waals surface area contributed by atoms with E-state index in [9.17, 15) is 14.0 Å². The third-order valence-corrected chi connectivity index (χ3v) is 6.62. The minimum atomic E-state index is -0.840. The molecule has 2 heterocycles. The van der Waals surface area contributed by atoms with Crippen LogP contribution in [0.2, 0.25) is 0 Å². The molecule has 0 radical (unpaired) electrons. The van der Waals surface area contributed by atoms with Crippen molar-refractivity contribution in [1.29, 1.82) is 0 Å². The van der Waals surface area contributed by atoms with Gasteiger partial charge in [-0.15, -0.1) is 0 Å². The van der Waals surface area contributed by atoms with Crippen molar-refractivity contribution >= 4 is 29.7 Å². The molecule has 39 heavy (non-hydrogen) atoms. The summed E-state index contributed by atoms with van der Waals surface area (Å²) in [4.78, 5) is 36.5. The molecule has 0 unspecified atom stereocenters. The lowest BCUT2D eigenvalue weighted by Gasteiger charge is -2.36. The summed E-state index contributed by atoms with van der Waals surface area (Å²) in [6, 6.07) is 5.18. The van der Waals surface area contributed by atoms with E-state index in [1.54, 1.807) is 4.90 Å². The average Bonchev–Trinajstić information content (AvgIpc) is 2.90. The van der Waals surface area contributed by atoms with Crippen molar-refractivity contribution in [1.82, 2.24) is 14.8 Å². The molecule has 2 amide bonds. The lowest BCUT2D eigenvalue weighted by Crippen LogP contribution is -2.50. The maximum atomic E-state index is 15.7. The molecule has 206 valence electrons. The Balaban J connectivity index is 2.26. The molecule has 1 aromatic heterocycles. The van der Waals surface area contributed by atoms with Crippen LogP contribution < -0.4 is 11.1 Å². The summed E-state index contributed by atoms with van der Waals surface area (Å²) in [6.45, 7) is 17.0. The molecule has 0 saturated carbocycles. The summed E-state index contributed by atoms with van der Waals surface area (Å²) < 4.78 is 30.3. The highest BCUT2D eigenvalue weighted by Gasteiger charge is 2.28. The number of amides is 2. The number of nitrogen functional groups attached to an aromatic ring is 1. The fourth-order valence-electron chi connectivity index (χ4n) is 4.26. The maximum absolute atomic E-state index is 15.7. The first kappa shape index (κ1) is 29.2. The fraction of sp³-hybridized carbons (Fsp3) is 0.310. The Kier molecular flexibility index (Phi) is 9.34. The number of aromatic nitrogens is 1. The molecule has 8 nitrogen and oxygen atoms in total. The number of nitrogens with two attached hydrogens (primary N) is 1. The second kappa shape index (κ2) is 12.5. The second-order valence-electron chi connectivity index (χ2n) is 9.60. The van der Waals surface area contributed by atoms with Crippen molar-refractivity contribution in [2.24, 2.45) is 10.9 Å². The number of rotatable bonds is 8. The number of carbonyl (C=O) groups excluding carboxylic acids is 2. The van der Waals surface area contributed by atoms with Gasteiger partial charge in [-0.25, -0.2) is 18.8 Å². The number of nitrogens with zero attached hydrogens (tertiary/aromatic N) is 4. The largest absolute Gasteiger partial charge is 0.398 e. The van der Waals surface area contributed by atoms with Crippen molar-refractivity contribution in [3.8, 4) is 11.3 Å². The number of hydrogen-bond donors (Lipinski definition) is 2. The first-order valence-corrected chi connectivity index (χ1v) is 12.6. The number of anilines is 2. The van der Waals surface area contributed by atoms with E-state index in [1.165, 1.54) is 24.3 Å². The van der Waals surface area contributed by atoms with E-state index >= 15 is 4.39 Å². The average molecular weight is 537 g/mol. The highest BCUT2D eigenvalue weighted by Crippen LogP contribution is 2.33. The molecular weight excluding hydrogens is 502 g/mol. The number of benzene rings is 1. The summed E-state index contributed by atoms with van der Waals surface area (Å²) >= 11 is 0. The van der Waals surface area contributed by atoms with Crippen LogP contribution in [-0.2, 0) is 9.59 Å². The van der Waals surface area contributed by atoms with Crippen LogP contribution in [0.5, 0.6) is 0 Å². The molecular formula is C29H34F2N6O2. The Labute approximate surface area is 227 Å². The zero-order valence-corrected chi connectivity index (χ0v) is 22.7. The van der Waals surface area contributed by atoms with E-state index in [0.717, 1.165) is 11.6 Å². The molecule has 2 aromatic rings. The molecule has 1 aliphatic heterocycles. The van der Waals surface area contributed by atoms with Crippen molar-refractivity contribution in [3.63, 3.8) is 0 Å². The summed E-state index contributed by atoms with van der Waals surface area (Å²) in [5, 5.41) is 2.52. The lowest BCUT2D eigenvalue weighted by atomic mass is 10.00. The molecule has 3 rings (SSSR count). The SMILES string of the molecule is C=CC(=O)N1CCN(/C(=N/C(C(=C)C)=C(/C)C(C)C)c2cc(F)c(-c3c(N)cccc3F)nc2NC=O)CC1. The van der Waals surface area contributed by atoms with Crippen LogP contribution >= 0.6 is 0 Å². The zero-order valence-electron chi connectivity index (χ0n) is 22.7. The second-order valence-corrected chi connectivity index (χ2v) is 9.60. The van der Waals surface area contributed by atoms with Crippen molar-refractivity contribution in [3.05, 3.63) is 77.5 Å². The third kappa shape index (κ3) is 6.39. The Morgan fingerprint density at radius 1 is 1.15 bits per heavy atom. The number of amidine groups is 1. The van der Waals surface area contributed by atoms with Gasteiger partial charge in [0.25, 0.3) is 0 Å². The normalized spacial score (nSPS) is 14.7. The van der Waals surface area contributed by atoms with Gasteiger partial charge in [0.15, 0.2) is 5.82 Å². The zero-order chi connectivity index (χ0) is 28.9. The Hall–Kier alpha value is -4.34.